The number of thiocarbonyl (C=S) groups is 1. The topological polar surface area (TPSA) is 38.8 Å². The summed E-state index contributed by atoms with van der Waals surface area (Å²) in [4.78, 5) is 16.3. The number of anilines is 1. The van der Waals surface area contributed by atoms with Crippen molar-refractivity contribution in [3.8, 4) is 23.8 Å². The van der Waals surface area contributed by atoms with Gasteiger partial charge in [-0.25, -0.2) is 0 Å². The van der Waals surface area contributed by atoms with Gasteiger partial charge in [0.15, 0.2) is 15.8 Å². The largest absolute Gasteiger partial charge is 0.490 e. The lowest BCUT2D eigenvalue weighted by atomic mass is 10.1. The van der Waals surface area contributed by atoms with Crippen LogP contribution in [0.3, 0.4) is 0 Å². The molecule has 0 aromatic heterocycles. The number of nitrogens with zero attached hydrogens (tertiary/aromatic N) is 1. The maximum atomic E-state index is 13.1. The number of rotatable bonds is 7. The molecule has 0 bridgehead atoms. The lowest BCUT2D eigenvalue weighted by molar-refractivity contribution is -0.113. The second kappa shape index (κ2) is 10.4. The van der Waals surface area contributed by atoms with Crippen LogP contribution < -0.4 is 14.4 Å². The molecule has 0 saturated carbocycles. The summed E-state index contributed by atoms with van der Waals surface area (Å²) in [6.45, 7) is 2.49. The van der Waals surface area contributed by atoms with Gasteiger partial charge in [-0.15, -0.1) is 18.2 Å². The molecule has 2 aromatic rings. The van der Waals surface area contributed by atoms with E-state index in [1.807, 2.05) is 49.6 Å². The second-order valence-corrected chi connectivity index (χ2v) is 9.38. The number of hydrogen-bond acceptors (Lipinski definition) is 6. The van der Waals surface area contributed by atoms with Gasteiger partial charge in [0.1, 0.15) is 6.61 Å². The highest BCUT2D eigenvalue weighted by atomic mass is 79.9. The summed E-state index contributed by atoms with van der Waals surface area (Å²) in [5.41, 5.74) is 1.55. The number of terminal acetylenes is 1. The van der Waals surface area contributed by atoms with E-state index in [1.54, 1.807) is 22.7 Å². The summed E-state index contributed by atoms with van der Waals surface area (Å²) in [5, 5.41) is 0. The number of ether oxygens (including phenoxy) is 2. The van der Waals surface area contributed by atoms with Crippen molar-refractivity contribution in [1.29, 1.82) is 0 Å². The monoisotopic (exact) mass is 519 g/mol. The van der Waals surface area contributed by atoms with Gasteiger partial charge in [0.2, 0.25) is 0 Å². The van der Waals surface area contributed by atoms with Crippen molar-refractivity contribution in [2.75, 3.05) is 24.4 Å². The maximum absolute atomic E-state index is 13.1. The fraction of sp³-hybridized carbons (Fsp3) is 0.182. The van der Waals surface area contributed by atoms with E-state index < -0.39 is 0 Å². The smallest absolute Gasteiger partial charge is 0.270 e. The Morgan fingerprint density at radius 1 is 1.33 bits per heavy atom. The average Bonchev–Trinajstić information content (AvgIpc) is 3.00. The van der Waals surface area contributed by atoms with Crippen molar-refractivity contribution in [2.45, 2.75) is 11.8 Å². The third-order valence-corrected chi connectivity index (χ3v) is 6.65. The molecule has 0 spiro atoms. The molecule has 0 aliphatic carbocycles. The number of thioether (sulfide) groups is 2. The van der Waals surface area contributed by atoms with Crippen molar-refractivity contribution in [1.82, 2.24) is 0 Å². The summed E-state index contributed by atoms with van der Waals surface area (Å²) >= 11 is 11.9. The van der Waals surface area contributed by atoms with Gasteiger partial charge < -0.3 is 9.47 Å². The van der Waals surface area contributed by atoms with Gasteiger partial charge in [0.05, 0.1) is 21.7 Å². The molecule has 1 saturated heterocycles. The number of halogens is 1. The second-order valence-electron chi connectivity index (χ2n) is 5.97. The number of benzene rings is 2. The highest BCUT2D eigenvalue weighted by Crippen LogP contribution is 2.40. The zero-order valence-electron chi connectivity index (χ0n) is 16.3. The Morgan fingerprint density at radius 3 is 2.83 bits per heavy atom. The van der Waals surface area contributed by atoms with Crippen molar-refractivity contribution in [2.24, 2.45) is 0 Å². The molecule has 0 unspecified atom stereocenters. The molecule has 1 aliphatic rings. The molecule has 1 aliphatic heterocycles. The zero-order valence-corrected chi connectivity index (χ0v) is 20.3. The van der Waals surface area contributed by atoms with E-state index in [4.69, 9.17) is 28.1 Å². The quantitative estimate of drug-likeness (QED) is 0.193. The first-order chi connectivity index (χ1) is 14.5. The fourth-order valence-corrected chi connectivity index (χ4v) is 5.11. The summed E-state index contributed by atoms with van der Waals surface area (Å²) in [5.74, 6) is 3.39. The van der Waals surface area contributed by atoms with Gasteiger partial charge in [-0.05, 0) is 71.1 Å². The molecule has 2 aromatic carbocycles. The minimum absolute atomic E-state index is 0.131. The first kappa shape index (κ1) is 22.8. The molecular weight excluding hydrogens is 502 g/mol. The average molecular weight is 520 g/mol. The predicted octanol–water partition coefficient (Wildman–Crippen LogP) is 5.99. The molecule has 154 valence electrons. The summed E-state index contributed by atoms with van der Waals surface area (Å²) < 4.78 is 12.5. The predicted molar refractivity (Wildman–Crippen MR) is 134 cm³/mol. The number of hydrogen-bond donors (Lipinski definition) is 0. The maximum Gasteiger partial charge on any atom is 0.270 e. The van der Waals surface area contributed by atoms with Crippen LogP contribution in [0.15, 0.2) is 50.7 Å². The van der Waals surface area contributed by atoms with Crippen LogP contribution in [0.25, 0.3) is 6.08 Å². The Kier molecular flexibility index (Phi) is 7.89. The van der Waals surface area contributed by atoms with Gasteiger partial charge >= 0.3 is 0 Å². The lowest BCUT2D eigenvalue weighted by Gasteiger charge is -2.15. The van der Waals surface area contributed by atoms with Crippen LogP contribution >= 0.6 is 51.7 Å². The SMILES string of the molecule is C#CCOc1c(Br)cc(/C=C2\SC(=S)N(c3cccc(SC)c3)C2=O)cc1OCC. The van der Waals surface area contributed by atoms with Crippen molar-refractivity contribution >= 4 is 73.7 Å². The lowest BCUT2D eigenvalue weighted by Crippen LogP contribution is -2.27. The van der Waals surface area contributed by atoms with Crippen LogP contribution in [0.1, 0.15) is 12.5 Å². The van der Waals surface area contributed by atoms with E-state index in [2.05, 4.69) is 21.9 Å². The van der Waals surface area contributed by atoms with E-state index in [0.29, 0.717) is 31.8 Å². The van der Waals surface area contributed by atoms with E-state index in [-0.39, 0.29) is 12.5 Å². The molecule has 8 heteroatoms. The van der Waals surface area contributed by atoms with Crippen LogP contribution in [-0.2, 0) is 4.79 Å². The Morgan fingerprint density at radius 2 is 2.13 bits per heavy atom. The minimum atomic E-state index is -0.148. The van der Waals surface area contributed by atoms with Crippen LogP contribution in [-0.4, -0.2) is 29.7 Å². The molecular formula is C22H18BrNO3S3. The van der Waals surface area contributed by atoms with Gasteiger partial charge in [-0.2, -0.15) is 0 Å². The minimum Gasteiger partial charge on any atom is -0.490 e. The normalized spacial score (nSPS) is 14.9. The molecule has 1 fully saturated rings. The van der Waals surface area contributed by atoms with E-state index in [9.17, 15) is 4.79 Å². The standard InChI is InChI=1S/C22H18BrNO3S3/c1-4-9-27-20-17(23)10-14(11-18(20)26-5-2)12-19-21(25)24(22(28)30-19)15-7-6-8-16(13-15)29-3/h1,6-8,10-13H,5,9H2,2-3H3/b19-12-. The summed E-state index contributed by atoms with van der Waals surface area (Å²) in [7, 11) is 0. The molecule has 30 heavy (non-hydrogen) atoms. The van der Waals surface area contributed by atoms with Crippen LogP contribution in [0.5, 0.6) is 11.5 Å². The Bertz CT molecular complexity index is 1060. The van der Waals surface area contributed by atoms with E-state index >= 15 is 0 Å². The third kappa shape index (κ3) is 5.03. The molecule has 0 atom stereocenters. The molecule has 1 heterocycles. The highest BCUT2D eigenvalue weighted by Gasteiger charge is 2.33. The van der Waals surface area contributed by atoms with Crippen LogP contribution in [0, 0.1) is 12.3 Å². The van der Waals surface area contributed by atoms with Crippen LogP contribution in [0.4, 0.5) is 5.69 Å². The summed E-state index contributed by atoms with van der Waals surface area (Å²) in [6.07, 6.45) is 9.09. The Hall–Kier alpha value is -1.92. The fourth-order valence-electron chi connectivity index (χ4n) is 2.78. The molecule has 1 amide bonds. The van der Waals surface area contributed by atoms with E-state index in [0.717, 1.165) is 16.1 Å². The van der Waals surface area contributed by atoms with Crippen molar-refractivity contribution < 1.29 is 14.3 Å². The zero-order chi connectivity index (χ0) is 21.7. The summed E-state index contributed by atoms with van der Waals surface area (Å²) in [6, 6.07) is 11.4. The molecule has 4 nitrogen and oxygen atoms in total. The Balaban J connectivity index is 1.94. The molecule has 0 radical (unpaired) electrons. The van der Waals surface area contributed by atoms with Crippen LogP contribution in [0.2, 0.25) is 0 Å². The first-order valence-electron chi connectivity index (χ1n) is 8.93. The number of carbonyl (C=O) groups excluding carboxylic acids is 1. The van der Waals surface area contributed by atoms with Crippen molar-refractivity contribution in [3.63, 3.8) is 0 Å². The van der Waals surface area contributed by atoms with Gasteiger partial charge in [-0.1, -0.05) is 36.0 Å². The highest BCUT2D eigenvalue weighted by molar-refractivity contribution is 9.10. The van der Waals surface area contributed by atoms with Gasteiger partial charge in [0, 0.05) is 4.90 Å². The van der Waals surface area contributed by atoms with Gasteiger partial charge in [-0.3, -0.25) is 9.69 Å². The first-order valence-corrected chi connectivity index (χ1v) is 12.2. The third-order valence-electron chi connectivity index (χ3n) is 4.03. The van der Waals surface area contributed by atoms with Gasteiger partial charge in [0.25, 0.3) is 5.91 Å². The molecule has 0 N–H and O–H groups in total. The number of amides is 1. The van der Waals surface area contributed by atoms with Crippen molar-refractivity contribution in [3.05, 3.63) is 51.3 Å². The molecule has 3 rings (SSSR count). The number of carbonyl (C=O) groups is 1. The van der Waals surface area contributed by atoms with E-state index in [1.165, 1.54) is 11.8 Å². The Labute approximate surface area is 198 Å².